The Bertz CT molecular complexity index is 693. The average Bonchev–Trinajstić information content (AvgIpc) is 2.54. The van der Waals surface area contributed by atoms with Crippen molar-refractivity contribution < 1.29 is 9.84 Å². The van der Waals surface area contributed by atoms with Gasteiger partial charge in [-0.2, -0.15) is 0 Å². The molecule has 1 aromatic heterocycles. The summed E-state index contributed by atoms with van der Waals surface area (Å²) in [7, 11) is 1.52. The number of benzene rings is 1. The predicted octanol–water partition coefficient (Wildman–Crippen LogP) is 1.28. The minimum absolute atomic E-state index is 0.226. The zero-order chi connectivity index (χ0) is 16.1. The molecule has 0 spiro atoms. The third kappa shape index (κ3) is 3.64. The number of aliphatic hydroxyl groups excluding tert-OH is 1. The van der Waals surface area contributed by atoms with E-state index in [1.807, 2.05) is 0 Å². The van der Waals surface area contributed by atoms with E-state index in [2.05, 4.69) is 9.97 Å². The van der Waals surface area contributed by atoms with Gasteiger partial charge in [-0.15, -0.1) is 0 Å². The van der Waals surface area contributed by atoms with Crippen LogP contribution in [0, 0.1) is 0 Å². The van der Waals surface area contributed by atoms with E-state index < -0.39 is 0 Å². The van der Waals surface area contributed by atoms with Gasteiger partial charge < -0.3 is 15.6 Å². The van der Waals surface area contributed by atoms with Crippen LogP contribution in [0.25, 0.3) is 11.3 Å². The summed E-state index contributed by atoms with van der Waals surface area (Å²) in [6.07, 6.45) is 2.81. The molecule has 22 heavy (non-hydrogen) atoms. The molecule has 5 N–H and O–H groups in total. The molecule has 0 unspecified atom stereocenters. The van der Waals surface area contributed by atoms with Crippen molar-refractivity contribution in [2.45, 2.75) is 0 Å². The van der Waals surface area contributed by atoms with E-state index in [4.69, 9.17) is 33.0 Å². The SMILES string of the molecule is COc1cc(-c2cc(Cl)ccc2N(N)/C=C(\N)CO)ncn1. The highest BCUT2D eigenvalue weighted by Crippen LogP contribution is 2.32. The number of aromatic nitrogens is 2. The molecule has 0 saturated heterocycles. The Balaban J connectivity index is 2.52. The summed E-state index contributed by atoms with van der Waals surface area (Å²) in [5, 5.41) is 10.8. The van der Waals surface area contributed by atoms with Gasteiger partial charge in [0.2, 0.25) is 5.88 Å². The van der Waals surface area contributed by atoms with E-state index in [1.54, 1.807) is 24.3 Å². The summed E-state index contributed by atoms with van der Waals surface area (Å²) in [6, 6.07) is 6.82. The molecule has 8 heteroatoms. The number of hydrogen-bond acceptors (Lipinski definition) is 7. The quantitative estimate of drug-likeness (QED) is 0.562. The van der Waals surface area contributed by atoms with Crippen LogP contribution in [0.3, 0.4) is 0 Å². The van der Waals surface area contributed by atoms with E-state index in [-0.39, 0.29) is 12.3 Å². The van der Waals surface area contributed by atoms with Crippen molar-refractivity contribution >= 4 is 17.3 Å². The lowest BCUT2D eigenvalue weighted by Gasteiger charge is -2.19. The van der Waals surface area contributed by atoms with Gasteiger partial charge in [-0.25, -0.2) is 15.8 Å². The zero-order valence-electron chi connectivity index (χ0n) is 11.9. The second kappa shape index (κ2) is 7.08. The highest BCUT2D eigenvalue weighted by molar-refractivity contribution is 6.31. The summed E-state index contributed by atoms with van der Waals surface area (Å²) >= 11 is 6.06. The minimum Gasteiger partial charge on any atom is -0.481 e. The number of aliphatic hydroxyl groups is 1. The summed E-state index contributed by atoms with van der Waals surface area (Å²) in [5.74, 6) is 6.40. The van der Waals surface area contributed by atoms with E-state index in [0.29, 0.717) is 27.8 Å². The van der Waals surface area contributed by atoms with E-state index in [0.717, 1.165) is 0 Å². The van der Waals surface area contributed by atoms with Crippen molar-refractivity contribution in [1.29, 1.82) is 0 Å². The van der Waals surface area contributed by atoms with E-state index in [1.165, 1.54) is 24.6 Å². The molecular weight excluding hydrogens is 306 g/mol. The van der Waals surface area contributed by atoms with Gasteiger partial charge in [0.15, 0.2) is 0 Å². The van der Waals surface area contributed by atoms with Crippen LogP contribution in [0.1, 0.15) is 0 Å². The molecule has 0 atom stereocenters. The molecule has 0 aliphatic rings. The Kier molecular flexibility index (Phi) is 5.16. The van der Waals surface area contributed by atoms with Gasteiger partial charge in [0, 0.05) is 22.9 Å². The van der Waals surface area contributed by atoms with Crippen LogP contribution in [0.15, 0.2) is 42.5 Å². The monoisotopic (exact) mass is 321 g/mol. The minimum atomic E-state index is -0.294. The molecule has 0 fully saturated rings. The number of hydrogen-bond donors (Lipinski definition) is 3. The molecule has 1 heterocycles. The largest absolute Gasteiger partial charge is 0.481 e. The Hall–Kier alpha value is -2.35. The Morgan fingerprint density at radius 1 is 1.41 bits per heavy atom. The fourth-order valence-electron chi connectivity index (χ4n) is 1.83. The molecule has 0 saturated carbocycles. The second-order valence-electron chi connectivity index (χ2n) is 4.38. The fraction of sp³-hybridized carbons (Fsp3) is 0.143. The van der Waals surface area contributed by atoms with Gasteiger partial charge in [0.1, 0.15) is 6.33 Å². The van der Waals surface area contributed by atoms with Crippen LogP contribution in [0.5, 0.6) is 5.88 Å². The highest BCUT2D eigenvalue weighted by atomic mass is 35.5. The van der Waals surface area contributed by atoms with Crippen LogP contribution in [0.2, 0.25) is 5.02 Å². The van der Waals surface area contributed by atoms with Gasteiger partial charge in [-0.05, 0) is 18.2 Å². The normalized spacial score (nSPS) is 11.4. The smallest absolute Gasteiger partial charge is 0.216 e. The Morgan fingerprint density at radius 3 is 2.86 bits per heavy atom. The van der Waals surface area contributed by atoms with Gasteiger partial charge in [0.25, 0.3) is 0 Å². The summed E-state index contributed by atoms with van der Waals surface area (Å²) in [6.45, 7) is -0.294. The van der Waals surface area contributed by atoms with Crippen LogP contribution in [-0.2, 0) is 0 Å². The second-order valence-corrected chi connectivity index (χ2v) is 4.81. The number of hydrazine groups is 1. The predicted molar refractivity (Wildman–Crippen MR) is 85.1 cm³/mol. The molecule has 0 aliphatic carbocycles. The molecule has 1 aromatic carbocycles. The molecule has 0 radical (unpaired) electrons. The molecule has 116 valence electrons. The first-order valence-corrected chi connectivity index (χ1v) is 6.70. The lowest BCUT2D eigenvalue weighted by molar-refractivity contribution is 0.329. The molecule has 2 rings (SSSR count). The van der Waals surface area contributed by atoms with Crippen molar-refractivity contribution in [1.82, 2.24) is 9.97 Å². The number of nitrogens with two attached hydrogens (primary N) is 2. The van der Waals surface area contributed by atoms with Gasteiger partial charge in [-0.3, -0.25) is 5.01 Å². The lowest BCUT2D eigenvalue weighted by atomic mass is 10.1. The molecular formula is C14H16ClN5O2. The standard InChI is InChI=1S/C14H16ClN5O2/c1-22-14-5-12(18-8-19-14)11-4-9(15)2-3-13(11)20(17)6-10(16)7-21/h2-6,8,21H,7,16-17H2,1H3/b10-6-. The molecule has 2 aromatic rings. The van der Waals surface area contributed by atoms with Gasteiger partial charge in [0.05, 0.1) is 30.8 Å². The number of nitrogens with zero attached hydrogens (tertiary/aromatic N) is 3. The van der Waals surface area contributed by atoms with Crippen molar-refractivity contribution in [3.8, 4) is 17.1 Å². The van der Waals surface area contributed by atoms with E-state index in [9.17, 15) is 0 Å². The first kappa shape index (κ1) is 16.0. The molecule has 7 nitrogen and oxygen atoms in total. The topological polar surface area (TPSA) is 111 Å². The summed E-state index contributed by atoms with van der Waals surface area (Å²) in [4.78, 5) is 8.17. The van der Waals surface area contributed by atoms with E-state index >= 15 is 0 Å². The Labute approximate surface area is 132 Å². The van der Waals surface area contributed by atoms with Crippen molar-refractivity contribution in [2.24, 2.45) is 11.6 Å². The maximum atomic E-state index is 9.00. The Morgan fingerprint density at radius 2 is 2.18 bits per heavy atom. The molecule has 0 amide bonds. The lowest BCUT2D eigenvalue weighted by Crippen LogP contribution is -2.27. The first-order chi connectivity index (χ1) is 10.5. The highest BCUT2D eigenvalue weighted by Gasteiger charge is 2.12. The average molecular weight is 322 g/mol. The summed E-state index contributed by atoms with van der Waals surface area (Å²) < 4.78 is 5.09. The van der Waals surface area contributed by atoms with Crippen molar-refractivity contribution in [3.63, 3.8) is 0 Å². The molecule has 0 bridgehead atoms. The van der Waals surface area contributed by atoms with Crippen LogP contribution in [-0.4, -0.2) is 28.8 Å². The number of ether oxygens (including phenoxy) is 1. The maximum absolute atomic E-state index is 9.00. The number of methoxy groups -OCH3 is 1. The van der Waals surface area contributed by atoms with Crippen LogP contribution in [0.4, 0.5) is 5.69 Å². The third-order valence-corrected chi connectivity index (χ3v) is 3.09. The molecule has 0 aliphatic heterocycles. The van der Waals surface area contributed by atoms with Crippen LogP contribution < -0.4 is 21.3 Å². The zero-order valence-corrected chi connectivity index (χ0v) is 12.7. The maximum Gasteiger partial charge on any atom is 0.216 e. The van der Waals surface area contributed by atoms with Gasteiger partial charge in [-0.1, -0.05) is 11.6 Å². The summed E-state index contributed by atoms with van der Waals surface area (Å²) in [5.41, 5.74) is 7.70. The van der Waals surface area contributed by atoms with Gasteiger partial charge >= 0.3 is 0 Å². The fourth-order valence-corrected chi connectivity index (χ4v) is 2.00. The van der Waals surface area contributed by atoms with Crippen LogP contribution >= 0.6 is 11.6 Å². The van der Waals surface area contributed by atoms with Crippen molar-refractivity contribution in [3.05, 3.63) is 47.5 Å². The first-order valence-electron chi connectivity index (χ1n) is 6.32. The third-order valence-electron chi connectivity index (χ3n) is 2.85. The number of anilines is 1. The number of rotatable bonds is 5. The number of halogens is 1. The van der Waals surface area contributed by atoms with Crippen molar-refractivity contribution in [2.75, 3.05) is 18.7 Å².